The third kappa shape index (κ3) is 6.68. The van der Waals surface area contributed by atoms with Crippen LogP contribution >= 0.6 is 0 Å². The molecule has 9 rings (SSSR count). The summed E-state index contributed by atoms with van der Waals surface area (Å²) in [6.45, 7) is 0. The summed E-state index contributed by atoms with van der Waals surface area (Å²) >= 11 is 0. The Morgan fingerprint density at radius 3 is 0.719 bits per heavy atom. The third-order valence-electron chi connectivity index (χ3n) is 9.97. The molecule has 2 aliphatic rings. The Morgan fingerprint density at radius 2 is 0.526 bits per heavy atom. The van der Waals surface area contributed by atoms with E-state index in [1.165, 1.54) is 0 Å². The molecule has 7 aromatic rings. The average Bonchev–Trinajstić information content (AvgIpc) is 4.10. The second kappa shape index (κ2) is 15.2. The molecule has 3 aromatic heterocycles. The van der Waals surface area contributed by atoms with Crippen molar-refractivity contribution in [2.75, 3.05) is 0 Å². The zero-order valence-electron chi connectivity index (χ0n) is 30.3. The molecule has 0 saturated carbocycles. The Labute approximate surface area is 341 Å². The van der Waals surface area contributed by atoms with Crippen LogP contribution < -0.4 is 9.97 Å². The number of hydrogen-bond donors (Lipinski definition) is 0. The first-order valence-corrected chi connectivity index (χ1v) is 17.9. The molecule has 4 aromatic carbocycles. The van der Waals surface area contributed by atoms with Gasteiger partial charge in [-0.3, -0.25) is 0 Å². The van der Waals surface area contributed by atoms with Gasteiger partial charge in [-0.05, 0) is 117 Å². The van der Waals surface area contributed by atoms with Gasteiger partial charge in [-0.2, -0.15) is 0 Å². The summed E-state index contributed by atoms with van der Waals surface area (Å²) < 4.78 is 0. The Bertz CT molecular complexity index is 2710. The molecule has 0 aliphatic carbocycles. The number of benzene rings is 4. The topological polar surface area (TPSA) is 54.0 Å². The largest absolute Gasteiger partial charge is 2.00 e. The summed E-state index contributed by atoms with van der Waals surface area (Å²) in [5, 5.41) is 0. The van der Waals surface area contributed by atoms with Crippen LogP contribution in [0.4, 0.5) is 0 Å². The molecule has 5 heterocycles. The first-order chi connectivity index (χ1) is 27.5. The summed E-state index contributed by atoms with van der Waals surface area (Å²) in [5.74, 6) is 10.9. The summed E-state index contributed by atoms with van der Waals surface area (Å²) in [6, 6.07) is 39.7. The molecule has 1 radical (unpaired) electrons. The van der Waals surface area contributed by atoms with E-state index < -0.39 is 0 Å². The van der Waals surface area contributed by atoms with Gasteiger partial charge in [-0.15, -0.1) is 47.8 Å². The summed E-state index contributed by atoms with van der Waals surface area (Å²) in [4.78, 5) is 21.3. The van der Waals surface area contributed by atoms with E-state index in [0.29, 0.717) is 0 Å². The number of aromatic nitrogens is 4. The van der Waals surface area contributed by atoms with Crippen molar-refractivity contribution in [3.8, 4) is 93.9 Å². The van der Waals surface area contributed by atoms with E-state index in [4.69, 9.17) is 45.6 Å². The predicted octanol–water partition coefficient (Wildman–Crippen LogP) is 10.5. The number of rotatable bonds is 4. The van der Waals surface area contributed by atoms with Crippen molar-refractivity contribution in [2.24, 2.45) is 0 Å². The molecular weight excluding hydrogens is 740 g/mol. The molecule has 2 aliphatic heterocycles. The third-order valence-corrected chi connectivity index (χ3v) is 9.97. The van der Waals surface area contributed by atoms with Gasteiger partial charge in [0.1, 0.15) is 0 Å². The number of fused-ring (bicyclic) bond motifs is 8. The quantitative estimate of drug-likeness (QED) is 0.167. The summed E-state index contributed by atoms with van der Waals surface area (Å²) in [5.41, 5.74) is 16.3. The van der Waals surface area contributed by atoms with Gasteiger partial charge in [-0.1, -0.05) is 96.5 Å². The Balaban J connectivity index is 0.00000455. The van der Waals surface area contributed by atoms with E-state index in [0.717, 1.165) is 112 Å². The fourth-order valence-corrected chi connectivity index (χ4v) is 7.20. The summed E-state index contributed by atoms with van der Waals surface area (Å²) in [7, 11) is 0. The first-order valence-electron chi connectivity index (χ1n) is 17.9. The minimum atomic E-state index is 0. The molecule has 0 atom stereocenters. The van der Waals surface area contributed by atoms with Crippen molar-refractivity contribution < 1.29 is 16.8 Å². The number of hydrogen-bond acceptors (Lipinski definition) is 2. The van der Waals surface area contributed by atoms with Crippen LogP contribution in [-0.4, -0.2) is 9.97 Å². The molecule has 0 N–H and O–H groups in total. The Hall–Kier alpha value is -7.77. The van der Waals surface area contributed by atoms with Gasteiger partial charge >= 0.3 is 16.8 Å². The average molecular weight is 768 g/mol. The smallest absolute Gasteiger partial charge is 0.657 e. The van der Waals surface area contributed by atoms with E-state index in [1.54, 1.807) is 0 Å². The van der Waals surface area contributed by atoms with Gasteiger partial charge in [0.15, 0.2) is 0 Å². The van der Waals surface area contributed by atoms with E-state index >= 15 is 0 Å². The van der Waals surface area contributed by atoms with E-state index in [9.17, 15) is 0 Å². The molecular formula is C52H28CoN4. The minimum absolute atomic E-state index is 0. The van der Waals surface area contributed by atoms with Crippen molar-refractivity contribution in [3.63, 3.8) is 0 Å². The molecule has 0 unspecified atom stereocenters. The maximum Gasteiger partial charge on any atom is 2.00 e. The van der Waals surface area contributed by atoms with Crippen LogP contribution in [-0.2, 0) is 16.8 Å². The zero-order chi connectivity index (χ0) is 38.2. The Kier molecular flexibility index (Phi) is 9.63. The minimum Gasteiger partial charge on any atom is -0.657 e. The van der Waals surface area contributed by atoms with Gasteiger partial charge < -0.3 is 9.97 Å². The molecule has 5 heteroatoms. The predicted molar refractivity (Wildman–Crippen MR) is 230 cm³/mol. The van der Waals surface area contributed by atoms with Gasteiger partial charge in [0, 0.05) is 22.3 Å². The molecule has 0 amide bonds. The van der Waals surface area contributed by atoms with Crippen molar-refractivity contribution in [1.29, 1.82) is 0 Å². The van der Waals surface area contributed by atoms with Crippen LogP contribution in [0.2, 0.25) is 0 Å². The van der Waals surface area contributed by atoms with Crippen LogP contribution in [0.1, 0.15) is 45.0 Å². The second-order valence-electron chi connectivity index (χ2n) is 13.2. The van der Waals surface area contributed by atoms with Crippen LogP contribution in [0.15, 0.2) is 121 Å². The molecule has 0 fully saturated rings. The van der Waals surface area contributed by atoms with Crippen LogP contribution in [0, 0.1) is 49.4 Å². The molecule has 0 spiro atoms. The van der Waals surface area contributed by atoms with Crippen LogP contribution in [0.5, 0.6) is 0 Å². The van der Waals surface area contributed by atoms with Crippen molar-refractivity contribution >= 4 is 46.4 Å². The van der Waals surface area contributed by atoms with Crippen LogP contribution in [0.25, 0.3) is 90.9 Å². The van der Waals surface area contributed by atoms with Gasteiger partial charge in [0.25, 0.3) is 0 Å². The molecule has 265 valence electrons. The van der Waals surface area contributed by atoms with Crippen molar-refractivity contribution in [3.05, 3.63) is 166 Å². The normalized spacial score (nSPS) is 11.2. The SMILES string of the molecule is C#Cc1ccc(-c2c3nc(c(-c4ccc(C#C)cc4)c4ccc([n-]4)c(-c4ccc(C#C)cc4)c4nc(c(-c5ccc(C#C)cc5)c5ccc2[n-]5)C=C4)C=C3)cc1.[Co+2]. The fraction of sp³-hybridized carbons (Fsp3) is 0. The van der Waals surface area contributed by atoms with Gasteiger partial charge in [0.2, 0.25) is 0 Å². The molecule has 4 nitrogen and oxygen atoms in total. The fourth-order valence-electron chi connectivity index (χ4n) is 7.20. The van der Waals surface area contributed by atoms with Crippen molar-refractivity contribution in [2.45, 2.75) is 0 Å². The van der Waals surface area contributed by atoms with E-state index in [1.807, 2.05) is 146 Å². The standard InChI is InChI=1S/C52H28N4.Co/c1-5-33-9-17-37(18-10-33)49-41-25-27-43(53-41)50(38-19-11-34(6-2)12-20-38)45-29-31-47(55-45)52(40-23-15-36(8-4)16-24-40)48-32-30-46(56-48)51(44-28-26-42(49)54-44)39-21-13-35(7-3)14-22-39;/h1-4,9-32H;/q-2;+2. The Morgan fingerprint density at radius 1 is 0.316 bits per heavy atom. The van der Waals surface area contributed by atoms with Gasteiger partial charge in [-0.25, -0.2) is 9.97 Å². The van der Waals surface area contributed by atoms with Crippen molar-refractivity contribution in [1.82, 2.24) is 19.9 Å². The molecule has 57 heavy (non-hydrogen) atoms. The zero-order valence-corrected chi connectivity index (χ0v) is 31.3. The molecule has 8 bridgehead atoms. The van der Waals surface area contributed by atoms with E-state index in [-0.39, 0.29) is 16.8 Å². The van der Waals surface area contributed by atoms with Crippen LogP contribution in [0.3, 0.4) is 0 Å². The number of nitrogens with zero attached hydrogens (tertiary/aromatic N) is 4. The maximum absolute atomic E-state index is 5.75. The first kappa shape index (κ1) is 36.2. The second-order valence-corrected chi connectivity index (χ2v) is 13.2. The number of terminal acetylenes is 4. The summed E-state index contributed by atoms with van der Waals surface area (Å²) in [6.07, 6.45) is 31.1. The van der Waals surface area contributed by atoms with Gasteiger partial charge in [0.05, 0.1) is 22.8 Å². The molecule has 0 saturated heterocycles. The maximum atomic E-state index is 5.75. The van der Waals surface area contributed by atoms with E-state index in [2.05, 4.69) is 23.7 Å². The monoisotopic (exact) mass is 767 g/mol.